The predicted octanol–water partition coefficient (Wildman–Crippen LogP) is 5.28. The molecule has 2 N–H and O–H groups in total. The van der Waals surface area contributed by atoms with Crippen molar-refractivity contribution in [2.24, 2.45) is 0 Å². The Bertz CT molecular complexity index is 995. The van der Waals surface area contributed by atoms with Crippen LogP contribution in [0.15, 0.2) is 97.6 Å². The quantitative estimate of drug-likeness (QED) is 0.267. The molecular formula is C28H31NO5. The van der Waals surface area contributed by atoms with E-state index >= 15 is 0 Å². The standard InChI is InChI=1S/C28H31NO5/c1-22(25-16-9-4-10-17-25)34-27(29-28(31)33-21-24-14-7-3-8-15-24)26(18-11-19-30)32-20-23-12-5-2-6-13-23/h2-10,12-17,26-27,30H,1,11,18-21H2,(H,29,31)/t26-,27+/m0/s1. The maximum atomic E-state index is 12.6. The summed E-state index contributed by atoms with van der Waals surface area (Å²) in [7, 11) is 0. The smallest absolute Gasteiger partial charge is 0.410 e. The number of rotatable bonds is 13. The lowest BCUT2D eigenvalue weighted by Crippen LogP contribution is -2.46. The van der Waals surface area contributed by atoms with Gasteiger partial charge in [0.1, 0.15) is 18.5 Å². The second-order valence-electron chi connectivity index (χ2n) is 7.73. The summed E-state index contributed by atoms with van der Waals surface area (Å²) < 4.78 is 17.6. The molecular weight excluding hydrogens is 430 g/mol. The second kappa shape index (κ2) is 13.8. The molecule has 0 heterocycles. The fraction of sp³-hybridized carbons (Fsp3) is 0.250. The average molecular weight is 462 g/mol. The molecule has 0 unspecified atom stereocenters. The number of hydrogen-bond acceptors (Lipinski definition) is 5. The van der Waals surface area contributed by atoms with Gasteiger partial charge < -0.3 is 19.3 Å². The molecule has 0 aromatic heterocycles. The molecule has 3 aromatic rings. The summed E-state index contributed by atoms with van der Waals surface area (Å²) in [6.07, 6.45) is -1.09. The molecule has 6 heteroatoms. The maximum absolute atomic E-state index is 12.6. The highest BCUT2D eigenvalue weighted by molar-refractivity contribution is 5.68. The van der Waals surface area contributed by atoms with E-state index in [2.05, 4.69) is 11.9 Å². The summed E-state index contributed by atoms with van der Waals surface area (Å²) in [5.41, 5.74) is 2.65. The Morgan fingerprint density at radius 3 is 2.00 bits per heavy atom. The Labute approximate surface area is 200 Å². The van der Waals surface area contributed by atoms with Crippen LogP contribution >= 0.6 is 0 Å². The molecule has 0 spiro atoms. The van der Waals surface area contributed by atoms with E-state index in [1.54, 1.807) is 0 Å². The van der Waals surface area contributed by atoms with Crippen molar-refractivity contribution >= 4 is 11.9 Å². The molecule has 0 saturated carbocycles. The lowest BCUT2D eigenvalue weighted by molar-refractivity contribution is -0.0627. The average Bonchev–Trinajstić information content (AvgIpc) is 2.89. The maximum Gasteiger partial charge on any atom is 0.410 e. The van der Waals surface area contributed by atoms with E-state index < -0.39 is 18.4 Å². The first-order chi connectivity index (χ1) is 16.7. The van der Waals surface area contributed by atoms with Gasteiger partial charge in [-0.3, -0.25) is 5.32 Å². The largest absolute Gasteiger partial charge is 0.468 e. The van der Waals surface area contributed by atoms with Crippen LogP contribution in [0.4, 0.5) is 4.79 Å². The number of ether oxygens (including phenoxy) is 3. The van der Waals surface area contributed by atoms with Gasteiger partial charge in [0, 0.05) is 12.2 Å². The molecule has 178 valence electrons. The lowest BCUT2D eigenvalue weighted by atomic mass is 10.1. The summed E-state index contributed by atoms with van der Waals surface area (Å²) in [6, 6.07) is 28.6. The van der Waals surface area contributed by atoms with Crippen LogP contribution in [0.5, 0.6) is 0 Å². The van der Waals surface area contributed by atoms with Crippen molar-refractivity contribution in [1.29, 1.82) is 0 Å². The molecule has 0 fully saturated rings. The summed E-state index contributed by atoms with van der Waals surface area (Å²) in [5.74, 6) is 0.395. The summed E-state index contributed by atoms with van der Waals surface area (Å²) >= 11 is 0. The van der Waals surface area contributed by atoms with Crippen LogP contribution in [-0.2, 0) is 27.4 Å². The van der Waals surface area contributed by atoms with Crippen LogP contribution in [0, 0.1) is 0 Å². The summed E-state index contributed by atoms with van der Waals surface area (Å²) in [5, 5.41) is 12.2. The third-order valence-electron chi connectivity index (χ3n) is 5.13. The van der Waals surface area contributed by atoms with Gasteiger partial charge in [0.2, 0.25) is 6.23 Å². The highest BCUT2D eigenvalue weighted by Crippen LogP contribution is 2.20. The number of nitrogens with one attached hydrogen (secondary N) is 1. The minimum Gasteiger partial charge on any atom is -0.468 e. The van der Waals surface area contributed by atoms with E-state index in [4.69, 9.17) is 14.2 Å². The Kier molecular flexibility index (Phi) is 10.2. The van der Waals surface area contributed by atoms with Crippen LogP contribution in [0.1, 0.15) is 29.5 Å². The van der Waals surface area contributed by atoms with Gasteiger partial charge in [-0.05, 0) is 24.0 Å². The number of benzene rings is 3. The fourth-order valence-electron chi connectivity index (χ4n) is 3.32. The molecule has 34 heavy (non-hydrogen) atoms. The molecule has 0 aliphatic carbocycles. The van der Waals surface area contributed by atoms with E-state index in [1.165, 1.54) is 0 Å². The van der Waals surface area contributed by atoms with Gasteiger partial charge in [-0.1, -0.05) is 97.6 Å². The van der Waals surface area contributed by atoms with Crippen molar-refractivity contribution in [2.45, 2.75) is 38.4 Å². The molecule has 0 radical (unpaired) electrons. The second-order valence-corrected chi connectivity index (χ2v) is 7.73. The first kappa shape index (κ1) is 25.0. The van der Waals surface area contributed by atoms with Crippen molar-refractivity contribution in [2.75, 3.05) is 6.61 Å². The molecule has 0 aliphatic heterocycles. The normalized spacial score (nSPS) is 12.4. The van der Waals surface area contributed by atoms with E-state index in [1.807, 2.05) is 91.0 Å². The summed E-state index contributed by atoms with van der Waals surface area (Å²) in [6.45, 7) is 4.48. The fourth-order valence-corrected chi connectivity index (χ4v) is 3.32. The van der Waals surface area contributed by atoms with Crippen molar-refractivity contribution in [3.8, 4) is 0 Å². The van der Waals surface area contributed by atoms with Crippen LogP contribution in [-0.4, -0.2) is 30.1 Å². The van der Waals surface area contributed by atoms with Gasteiger partial charge in [-0.15, -0.1) is 0 Å². The molecule has 1 amide bonds. The number of carbonyl (C=O) groups is 1. The topological polar surface area (TPSA) is 77.0 Å². The Morgan fingerprint density at radius 1 is 0.853 bits per heavy atom. The Morgan fingerprint density at radius 2 is 1.41 bits per heavy atom. The van der Waals surface area contributed by atoms with E-state index in [-0.39, 0.29) is 13.2 Å². The number of aliphatic hydroxyl groups excluding tert-OH is 1. The number of aliphatic hydroxyl groups is 1. The van der Waals surface area contributed by atoms with Gasteiger partial charge in [0.15, 0.2) is 0 Å². The van der Waals surface area contributed by atoms with Gasteiger partial charge in [0.05, 0.1) is 6.61 Å². The van der Waals surface area contributed by atoms with E-state index in [0.29, 0.717) is 25.2 Å². The Balaban J connectivity index is 1.71. The first-order valence-electron chi connectivity index (χ1n) is 11.3. The monoisotopic (exact) mass is 461 g/mol. The number of hydrogen-bond donors (Lipinski definition) is 2. The highest BCUT2D eigenvalue weighted by Gasteiger charge is 2.27. The van der Waals surface area contributed by atoms with Gasteiger partial charge >= 0.3 is 6.09 Å². The lowest BCUT2D eigenvalue weighted by Gasteiger charge is -2.29. The minimum absolute atomic E-state index is 0.00397. The molecule has 0 aliphatic rings. The predicted molar refractivity (Wildman–Crippen MR) is 131 cm³/mol. The van der Waals surface area contributed by atoms with Gasteiger partial charge in [0.25, 0.3) is 0 Å². The molecule has 3 rings (SSSR count). The molecule has 2 atom stereocenters. The van der Waals surface area contributed by atoms with Crippen molar-refractivity contribution < 1.29 is 24.1 Å². The number of carbonyl (C=O) groups excluding carboxylic acids is 1. The van der Waals surface area contributed by atoms with Crippen LogP contribution in [0.25, 0.3) is 5.76 Å². The number of alkyl carbamates (subject to hydrolysis) is 1. The van der Waals surface area contributed by atoms with Crippen molar-refractivity contribution in [1.82, 2.24) is 5.32 Å². The molecule has 3 aromatic carbocycles. The van der Waals surface area contributed by atoms with Crippen LogP contribution in [0.3, 0.4) is 0 Å². The number of amides is 1. The molecule has 6 nitrogen and oxygen atoms in total. The zero-order valence-electron chi connectivity index (χ0n) is 19.1. The van der Waals surface area contributed by atoms with Crippen LogP contribution < -0.4 is 5.32 Å². The van der Waals surface area contributed by atoms with Crippen LogP contribution in [0.2, 0.25) is 0 Å². The first-order valence-corrected chi connectivity index (χ1v) is 11.3. The Hall–Kier alpha value is -3.61. The highest BCUT2D eigenvalue weighted by atomic mass is 16.6. The molecule has 0 saturated heterocycles. The SMILES string of the molecule is C=C(O[C@@H](NC(=O)OCc1ccccc1)[C@H](CCCO)OCc1ccccc1)c1ccccc1. The van der Waals surface area contributed by atoms with E-state index in [9.17, 15) is 9.90 Å². The zero-order chi connectivity index (χ0) is 24.0. The van der Waals surface area contributed by atoms with Gasteiger partial charge in [-0.25, -0.2) is 4.79 Å². The third-order valence-corrected chi connectivity index (χ3v) is 5.13. The van der Waals surface area contributed by atoms with Crippen molar-refractivity contribution in [3.63, 3.8) is 0 Å². The van der Waals surface area contributed by atoms with E-state index in [0.717, 1.165) is 16.7 Å². The summed E-state index contributed by atoms with van der Waals surface area (Å²) in [4.78, 5) is 12.6. The minimum atomic E-state index is -0.869. The zero-order valence-corrected chi connectivity index (χ0v) is 19.1. The third kappa shape index (κ3) is 8.39. The molecule has 0 bridgehead atoms. The van der Waals surface area contributed by atoms with Crippen molar-refractivity contribution in [3.05, 3.63) is 114 Å². The van der Waals surface area contributed by atoms with Gasteiger partial charge in [-0.2, -0.15) is 0 Å².